The molecule has 0 spiro atoms. The van der Waals surface area contributed by atoms with Crippen molar-refractivity contribution >= 4 is 29.9 Å². The van der Waals surface area contributed by atoms with Crippen molar-refractivity contribution in [2.75, 3.05) is 0 Å². The van der Waals surface area contributed by atoms with Gasteiger partial charge in [0.15, 0.2) is 0 Å². The first-order chi connectivity index (χ1) is 17.4. The van der Waals surface area contributed by atoms with Crippen molar-refractivity contribution in [3.63, 3.8) is 0 Å². The number of pyridine rings is 1. The molecule has 36 heavy (non-hydrogen) atoms. The number of nitrogens with one attached hydrogen (secondary N) is 1. The minimum Gasteiger partial charge on any atom is -0.459 e. The normalized spacial score (nSPS) is 19.3. The number of carbonyl (C=O) groups excluding carboxylic acids is 1. The molecule has 1 saturated carbocycles. The van der Waals surface area contributed by atoms with Gasteiger partial charge in [-0.15, -0.1) is 6.58 Å². The molecule has 188 valence electrons. The number of allylic oxidation sites excluding steroid dienone is 3. The molecule has 1 aliphatic rings. The molecule has 1 aromatic heterocycles. The molecule has 0 unspecified atom stereocenters. The molecule has 0 radical (unpaired) electrons. The van der Waals surface area contributed by atoms with Crippen molar-refractivity contribution in [2.24, 2.45) is 5.92 Å². The lowest BCUT2D eigenvalue weighted by molar-refractivity contribution is -0.145. The van der Waals surface area contributed by atoms with E-state index in [1.807, 2.05) is 69.3 Å². The van der Waals surface area contributed by atoms with Crippen LogP contribution >= 0.6 is 0 Å². The second kappa shape index (κ2) is 12.9. The van der Waals surface area contributed by atoms with Gasteiger partial charge in [-0.2, -0.15) is 0 Å². The summed E-state index contributed by atoms with van der Waals surface area (Å²) in [6.45, 7) is 17.7. The molecule has 0 amide bonds. The van der Waals surface area contributed by atoms with Crippen LogP contribution in [0.15, 0.2) is 73.5 Å². The van der Waals surface area contributed by atoms with Gasteiger partial charge < -0.3 is 10.1 Å². The third-order valence-electron chi connectivity index (χ3n) is 6.77. The fourth-order valence-corrected chi connectivity index (χ4v) is 4.63. The van der Waals surface area contributed by atoms with Crippen LogP contribution in [0.25, 0.3) is 23.9 Å². The fourth-order valence-electron chi connectivity index (χ4n) is 4.63. The van der Waals surface area contributed by atoms with Crippen LogP contribution in [0.3, 0.4) is 0 Å². The molecule has 0 aliphatic heterocycles. The monoisotopic (exact) mass is 482 g/mol. The zero-order chi connectivity index (χ0) is 26.1. The lowest BCUT2D eigenvalue weighted by Gasteiger charge is -2.27. The molecular weight excluding hydrogens is 444 g/mol. The largest absolute Gasteiger partial charge is 0.459 e. The van der Waals surface area contributed by atoms with Crippen molar-refractivity contribution in [3.05, 3.63) is 101 Å². The van der Waals surface area contributed by atoms with E-state index in [1.54, 1.807) is 6.20 Å². The number of nitrogens with zero attached hydrogens (tertiary/aromatic N) is 1. The maximum Gasteiger partial charge on any atom is 0.338 e. The van der Waals surface area contributed by atoms with Gasteiger partial charge in [-0.25, -0.2) is 4.79 Å². The summed E-state index contributed by atoms with van der Waals surface area (Å²) < 4.78 is 5.88. The molecule has 4 heteroatoms. The van der Waals surface area contributed by atoms with E-state index >= 15 is 0 Å². The van der Waals surface area contributed by atoms with Gasteiger partial charge in [-0.3, -0.25) is 4.98 Å². The summed E-state index contributed by atoms with van der Waals surface area (Å²) >= 11 is 0. The van der Waals surface area contributed by atoms with E-state index in [0.717, 1.165) is 70.8 Å². The third kappa shape index (κ3) is 6.94. The second-order valence-electron chi connectivity index (χ2n) is 9.39. The van der Waals surface area contributed by atoms with Gasteiger partial charge in [-0.1, -0.05) is 43.5 Å². The van der Waals surface area contributed by atoms with Gasteiger partial charge in [0.25, 0.3) is 0 Å². The third-order valence-corrected chi connectivity index (χ3v) is 6.77. The summed E-state index contributed by atoms with van der Waals surface area (Å²) in [7, 11) is 0. The highest BCUT2D eigenvalue weighted by atomic mass is 16.5. The highest BCUT2D eigenvalue weighted by Gasteiger charge is 2.24. The van der Waals surface area contributed by atoms with E-state index in [0.29, 0.717) is 11.5 Å². The molecule has 0 bridgehead atoms. The smallest absolute Gasteiger partial charge is 0.338 e. The molecular formula is C32H38N2O2. The Kier molecular flexibility index (Phi) is 9.63. The highest BCUT2D eigenvalue weighted by molar-refractivity contribution is 5.97. The van der Waals surface area contributed by atoms with E-state index < -0.39 is 0 Å². The van der Waals surface area contributed by atoms with Crippen LogP contribution < -0.4 is 15.8 Å². The predicted octanol–water partition coefficient (Wildman–Crippen LogP) is 5.83. The number of ether oxygens (including phenoxy) is 1. The van der Waals surface area contributed by atoms with Crippen molar-refractivity contribution in [1.29, 1.82) is 0 Å². The second-order valence-corrected chi connectivity index (χ2v) is 9.39. The Bertz CT molecular complexity index is 1280. The quantitative estimate of drug-likeness (QED) is 0.278. The van der Waals surface area contributed by atoms with Crippen molar-refractivity contribution in [2.45, 2.75) is 59.0 Å². The maximum atomic E-state index is 13.0. The van der Waals surface area contributed by atoms with Gasteiger partial charge in [-0.05, 0) is 111 Å². The molecule has 1 heterocycles. The molecule has 1 N–H and O–H groups in total. The van der Waals surface area contributed by atoms with Gasteiger partial charge in [0, 0.05) is 5.69 Å². The van der Waals surface area contributed by atoms with Gasteiger partial charge in [0.05, 0.1) is 17.0 Å². The highest BCUT2D eigenvalue weighted by Crippen LogP contribution is 2.29. The van der Waals surface area contributed by atoms with E-state index in [1.165, 1.54) is 0 Å². The maximum absolute atomic E-state index is 13.0. The first kappa shape index (κ1) is 26.9. The summed E-state index contributed by atoms with van der Waals surface area (Å²) in [4.78, 5) is 17.7. The lowest BCUT2D eigenvalue weighted by atomic mass is 9.85. The summed E-state index contributed by atoms with van der Waals surface area (Å²) in [6, 6.07) is 12.0. The molecule has 0 atom stereocenters. The number of rotatable bonds is 9. The van der Waals surface area contributed by atoms with Crippen LogP contribution in [0.4, 0.5) is 0 Å². The Balaban J connectivity index is 1.88. The first-order valence-corrected chi connectivity index (χ1v) is 12.7. The Morgan fingerprint density at radius 2 is 1.92 bits per heavy atom. The number of hydrogen-bond acceptors (Lipinski definition) is 4. The molecule has 0 saturated heterocycles. The fraction of sp³-hybridized carbons (Fsp3) is 0.312. The van der Waals surface area contributed by atoms with Crippen LogP contribution in [-0.2, 0) is 9.53 Å². The number of benzene rings is 1. The zero-order valence-corrected chi connectivity index (χ0v) is 21.8. The average Bonchev–Trinajstić information content (AvgIpc) is 2.87. The Hall–Kier alpha value is -3.66. The number of esters is 1. The van der Waals surface area contributed by atoms with E-state index in [2.05, 4.69) is 36.1 Å². The predicted molar refractivity (Wildman–Crippen MR) is 151 cm³/mol. The first-order valence-electron chi connectivity index (χ1n) is 12.7. The van der Waals surface area contributed by atoms with Crippen LogP contribution in [0.2, 0.25) is 0 Å². The topological polar surface area (TPSA) is 51.2 Å². The Morgan fingerprint density at radius 3 is 2.56 bits per heavy atom. The van der Waals surface area contributed by atoms with E-state index in [-0.39, 0.29) is 12.1 Å². The van der Waals surface area contributed by atoms with Crippen molar-refractivity contribution < 1.29 is 9.53 Å². The SMILES string of the molecule is C=CC[C@H]1CC[C@H](OC(=O)C(/C=c2/cc(/C(C)=C(/NC=C)c3cccc(C)n3)ccc2=C)=C/C)CC1. The molecule has 1 aromatic carbocycles. The molecule has 3 rings (SSSR count). The van der Waals surface area contributed by atoms with Crippen LogP contribution in [0.5, 0.6) is 0 Å². The van der Waals surface area contributed by atoms with Crippen molar-refractivity contribution in [3.8, 4) is 0 Å². The molecule has 2 aromatic rings. The number of hydrogen-bond donors (Lipinski definition) is 1. The number of aryl methyl sites for hydroxylation is 1. The molecule has 1 aliphatic carbocycles. The number of aromatic nitrogens is 1. The van der Waals surface area contributed by atoms with Gasteiger partial charge >= 0.3 is 5.97 Å². The molecule has 4 nitrogen and oxygen atoms in total. The Labute approximate surface area is 215 Å². The standard InChI is InChI=1S/C32H38N2O2/c1-7-11-25-15-18-29(19-16-25)36-32(35)26(8-2)20-28-21-27(17-14-22(28)4)24(6)31(33-9-3)30-13-10-12-23(5)34-30/h7-10,12-14,17,20-21,25,29,33H,1,3-4,11,15-16,18-19H2,2,5-6H3/b26-8+,28-20-,31-24+/t25-,29-. The van der Waals surface area contributed by atoms with Gasteiger partial charge in [0.2, 0.25) is 0 Å². The summed E-state index contributed by atoms with van der Waals surface area (Å²) in [5.74, 6) is 0.383. The summed E-state index contributed by atoms with van der Waals surface area (Å²) in [5, 5.41) is 4.97. The summed E-state index contributed by atoms with van der Waals surface area (Å²) in [6.07, 6.45) is 12.3. The minimum atomic E-state index is -0.278. The lowest BCUT2D eigenvalue weighted by Crippen LogP contribution is -2.27. The zero-order valence-electron chi connectivity index (χ0n) is 21.8. The Morgan fingerprint density at radius 1 is 1.17 bits per heavy atom. The minimum absolute atomic E-state index is 0.0213. The van der Waals surface area contributed by atoms with Crippen LogP contribution in [-0.4, -0.2) is 17.1 Å². The van der Waals surface area contributed by atoms with Crippen molar-refractivity contribution in [1.82, 2.24) is 10.3 Å². The molecule has 1 fully saturated rings. The van der Waals surface area contributed by atoms with E-state index in [9.17, 15) is 4.79 Å². The van der Waals surface area contributed by atoms with Crippen LogP contribution in [0, 0.1) is 12.8 Å². The average molecular weight is 483 g/mol. The number of carbonyl (C=O) groups is 1. The van der Waals surface area contributed by atoms with Gasteiger partial charge in [0.1, 0.15) is 6.10 Å². The summed E-state index contributed by atoms with van der Waals surface area (Å²) in [5.41, 5.74) is 5.23. The van der Waals surface area contributed by atoms with Crippen LogP contribution in [0.1, 0.15) is 62.9 Å². The van der Waals surface area contributed by atoms with E-state index in [4.69, 9.17) is 4.74 Å².